The molecule has 1 atom stereocenters. The van der Waals surface area contributed by atoms with Crippen LogP contribution in [0.25, 0.3) is 0 Å². The second kappa shape index (κ2) is 11.4. The predicted molar refractivity (Wildman–Crippen MR) is 148 cm³/mol. The fraction of sp³-hybridized carbons (Fsp3) is 0.323. The van der Waals surface area contributed by atoms with Gasteiger partial charge in [-0.3, -0.25) is 24.3 Å². The first-order valence-electron chi connectivity index (χ1n) is 13.6. The first-order chi connectivity index (χ1) is 19.6. The topological polar surface area (TPSA) is 157 Å². The number of rotatable bonds is 8. The van der Waals surface area contributed by atoms with Crippen molar-refractivity contribution in [3.63, 3.8) is 0 Å². The van der Waals surface area contributed by atoms with Crippen molar-refractivity contribution in [2.45, 2.75) is 57.5 Å². The molecule has 1 saturated carbocycles. The Bertz CT molecular complexity index is 1500. The van der Waals surface area contributed by atoms with Crippen LogP contribution in [0.2, 0.25) is 0 Å². The first kappa shape index (κ1) is 27.8. The van der Waals surface area contributed by atoms with Crippen molar-refractivity contribution >= 4 is 23.7 Å². The quantitative estimate of drug-likeness (QED) is 0.307. The average molecular weight is 558 g/mol. The molecule has 1 aliphatic carbocycles. The number of phenols is 1. The van der Waals surface area contributed by atoms with E-state index in [2.05, 4.69) is 10.3 Å². The zero-order chi connectivity index (χ0) is 29.3. The second-order valence-electron chi connectivity index (χ2n) is 10.7. The zero-order valence-electron chi connectivity index (χ0n) is 22.5. The number of imide groups is 1. The SMILES string of the molecule is Cc1nc(Cc2ccccc2)c(O)c2c1C(=O)N(C1CCC(C(=O)N[C@@H](Cc3ccc(O)cc3)C(=O)O)CC1)C2=O. The van der Waals surface area contributed by atoms with Crippen molar-refractivity contribution in [1.29, 1.82) is 0 Å². The van der Waals surface area contributed by atoms with E-state index in [-0.39, 0.29) is 35.0 Å². The number of hydrogen-bond donors (Lipinski definition) is 4. The van der Waals surface area contributed by atoms with Gasteiger partial charge >= 0.3 is 5.97 Å². The van der Waals surface area contributed by atoms with Gasteiger partial charge in [0.15, 0.2) is 5.75 Å². The molecule has 0 radical (unpaired) electrons. The minimum absolute atomic E-state index is 0.0215. The van der Waals surface area contributed by atoms with Crippen molar-refractivity contribution in [3.8, 4) is 11.5 Å². The van der Waals surface area contributed by atoms with Gasteiger partial charge < -0.3 is 20.6 Å². The summed E-state index contributed by atoms with van der Waals surface area (Å²) in [7, 11) is 0. The molecule has 10 heteroatoms. The van der Waals surface area contributed by atoms with Crippen LogP contribution in [-0.2, 0) is 22.4 Å². The molecule has 0 saturated heterocycles. The molecular weight excluding hydrogens is 526 g/mol. The Morgan fingerprint density at radius 3 is 2.20 bits per heavy atom. The van der Waals surface area contributed by atoms with Gasteiger partial charge in [0.2, 0.25) is 5.91 Å². The van der Waals surface area contributed by atoms with E-state index in [1.54, 1.807) is 19.1 Å². The number of carboxylic acids is 1. The van der Waals surface area contributed by atoms with Crippen LogP contribution in [-0.4, -0.2) is 61.0 Å². The monoisotopic (exact) mass is 557 g/mol. The number of carboxylic acid groups (broad SMARTS) is 1. The van der Waals surface area contributed by atoms with Gasteiger partial charge in [-0.2, -0.15) is 0 Å². The third kappa shape index (κ3) is 5.63. The molecule has 0 bridgehead atoms. The Balaban J connectivity index is 1.24. The summed E-state index contributed by atoms with van der Waals surface area (Å²) >= 11 is 0. The highest BCUT2D eigenvalue weighted by Gasteiger charge is 2.45. The molecular formula is C31H31N3O7. The third-order valence-electron chi connectivity index (χ3n) is 7.93. The molecule has 1 aliphatic heterocycles. The Morgan fingerprint density at radius 1 is 0.927 bits per heavy atom. The van der Waals surface area contributed by atoms with Crippen LogP contribution in [0.5, 0.6) is 11.5 Å². The maximum Gasteiger partial charge on any atom is 0.326 e. The molecule has 0 spiro atoms. The Hall–Kier alpha value is -4.73. The van der Waals surface area contributed by atoms with Crippen LogP contribution in [0, 0.1) is 12.8 Å². The standard InChI is InChI=1S/C31H31N3O7/c1-17-25-26(27(36)23(32-17)15-18-5-3-2-4-6-18)30(39)34(29(25)38)21-11-9-20(10-12-21)28(37)33-24(31(40)41)16-19-7-13-22(35)14-8-19/h2-8,13-14,20-21,24,35-36H,9-12,15-16H2,1H3,(H,33,37)(H,40,41)/t20?,21?,24-/m0/s1. The molecule has 2 aromatic carbocycles. The van der Waals surface area contributed by atoms with E-state index >= 15 is 0 Å². The molecule has 4 N–H and O–H groups in total. The normalized spacial score (nSPS) is 19.1. The van der Waals surface area contributed by atoms with Gasteiger partial charge in [-0.25, -0.2) is 4.79 Å². The molecule has 2 heterocycles. The molecule has 3 aromatic rings. The molecule has 212 valence electrons. The van der Waals surface area contributed by atoms with E-state index < -0.39 is 35.8 Å². The van der Waals surface area contributed by atoms with Crippen molar-refractivity contribution in [2.75, 3.05) is 0 Å². The summed E-state index contributed by atoms with van der Waals surface area (Å²) < 4.78 is 0. The summed E-state index contributed by atoms with van der Waals surface area (Å²) in [4.78, 5) is 57.3. The lowest BCUT2D eigenvalue weighted by Gasteiger charge is -2.33. The Labute approximate surface area is 236 Å². The Kier molecular flexibility index (Phi) is 7.74. The van der Waals surface area contributed by atoms with Crippen molar-refractivity contribution in [2.24, 2.45) is 5.92 Å². The number of nitrogens with zero attached hydrogens (tertiary/aromatic N) is 2. The Morgan fingerprint density at radius 2 is 1.56 bits per heavy atom. The van der Waals surface area contributed by atoms with Crippen LogP contribution in [0.15, 0.2) is 54.6 Å². The van der Waals surface area contributed by atoms with Gasteiger partial charge in [-0.1, -0.05) is 42.5 Å². The van der Waals surface area contributed by atoms with Crippen LogP contribution < -0.4 is 5.32 Å². The second-order valence-corrected chi connectivity index (χ2v) is 10.7. The molecule has 0 unspecified atom stereocenters. The smallest absolute Gasteiger partial charge is 0.326 e. The molecule has 3 amide bonds. The number of carbonyl (C=O) groups is 4. The molecule has 10 nitrogen and oxygen atoms in total. The summed E-state index contributed by atoms with van der Waals surface area (Å²) in [6, 6.07) is 13.9. The van der Waals surface area contributed by atoms with E-state index in [1.165, 1.54) is 17.0 Å². The highest BCUT2D eigenvalue weighted by molar-refractivity contribution is 6.23. The largest absolute Gasteiger partial charge is 0.508 e. The van der Waals surface area contributed by atoms with Crippen LogP contribution in [0.1, 0.15) is 68.9 Å². The maximum atomic E-state index is 13.5. The number of benzene rings is 2. The third-order valence-corrected chi connectivity index (χ3v) is 7.93. The number of pyridine rings is 1. The van der Waals surface area contributed by atoms with E-state index in [4.69, 9.17) is 0 Å². The fourth-order valence-electron chi connectivity index (χ4n) is 5.76. The van der Waals surface area contributed by atoms with Gasteiger partial charge in [0.25, 0.3) is 11.8 Å². The fourth-order valence-corrected chi connectivity index (χ4v) is 5.76. The average Bonchev–Trinajstić information content (AvgIpc) is 3.23. The molecule has 41 heavy (non-hydrogen) atoms. The molecule has 1 aromatic heterocycles. The number of nitrogens with one attached hydrogen (secondary N) is 1. The minimum Gasteiger partial charge on any atom is -0.508 e. The summed E-state index contributed by atoms with van der Waals surface area (Å²) in [5.74, 6) is -3.29. The number of aromatic nitrogens is 1. The number of hydrogen-bond acceptors (Lipinski definition) is 7. The van der Waals surface area contributed by atoms with Gasteiger partial charge in [-0.05, 0) is 55.9 Å². The molecule has 5 rings (SSSR count). The van der Waals surface area contributed by atoms with Crippen LogP contribution in [0.4, 0.5) is 0 Å². The lowest BCUT2D eigenvalue weighted by Crippen LogP contribution is -2.47. The number of phenolic OH excluding ortho intramolecular Hbond substituents is 1. The maximum absolute atomic E-state index is 13.5. The van der Waals surface area contributed by atoms with Gasteiger partial charge in [-0.15, -0.1) is 0 Å². The number of aryl methyl sites for hydroxylation is 1. The first-order valence-corrected chi connectivity index (χ1v) is 13.6. The summed E-state index contributed by atoms with van der Waals surface area (Å²) in [6.07, 6.45) is 1.88. The van der Waals surface area contributed by atoms with E-state index in [0.717, 1.165) is 5.56 Å². The highest BCUT2D eigenvalue weighted by atomic mass is 16.4. The number of fused-ring (bicyclic) bond motifs is 1. The van der Waals surface area contributed by atoms with Gasteiger partial charge in [0.1, 0.15) is 11.8 Å². The van der Waals surface area contributed by atoms with E-state index in [0.29, 0.717) is 49.1 Å². The van der Waals surface area contributed by atoms with Gasteiger partial charge in [0, 0.05) is 24.8 Å². The zero-order valence-corrected chi connectivity index (χ0v) is 22.5. The van der Waals surface area contributed by atoms with E-state index in [1.807, 2.05) is 30.3 Å². The number of carbonyl (C=O) groups excluding carboxylic acids is 3. The molecule has 2 aliphatic rings. The lowest BCUT2D eigenvalue weighted by atomic mass is 9.84. The van der Waals surface area contributed by atoms with Crippen molar-refractivity contribution in [3.05, 3.63) is 88.2 Å². The van der Waals surface area contributed by atoms with Crippen molar-refractivity contribution in [1.82, 2.24) is 15.2 Å². The van der Waals surface area contributed by atoms with Crippen LogP contribution >= 0.6 is 0 Å². The highest BCUT2D eigenvalue weighted by Crippen LogP contribution is 2.39. The summed E-state index contributed by atoms with van der Waals surface area (Å²) in [5, 5.41) is 32.7. The minimum atomic E-state index is -1.17. The lowest BCUT2D eigenvalue weighted by molar-refractivity contribution is -0.142. The summed E-state index contributed by atoms with van der Waals surface area (Å²) in [6.45, 7) is 1.65. The van der Waals surface area contributed by atoms with Crippen molar-refractivity contribution < 1.29 is 34.5 Å². The molecule has 1 fully saturated rings. The predicted octanol–water partition coefficient (Wildman–Crippen LogP) is 3.36. The number of aliphatic carboxylic acids is 1. The number of aromatic hydroxyl groups is 2. The van der Waals surface area contributed by atoms with Gasteiger partial charge in [0.05, 0.1) is 22.5 Å². The van der Waals surface area contributed by atoms with E-state index in [9.17, 15) is 34.5 Å². The summed E-state index contributed by atoms with van der Waals surface area (Å²) in [5.41, 5.74) is 2.37. The van der Waals surface area contributed by atoms with Crippen LogP contribution in [0.3, 0.4) is 0 Å². The number of amides is 3.